The molecule has 5 nitrogen and oxygen atoms in total. The van der Waals surface area contributed by atoms with Crippen LogP contribution in [0.2, 0.25) is 0 Å². The summed E-state index contributed by atoms with van der Waals surface area (Å²) in [4.78, 5) is 23.0. The average molecular weight is 285 g/mol. The Labute approximate surface area is 113 Å². The fourth-order valence-corrected chi connectivity index (χ4v) is 2.06. The smallest absolute Gasteiger partial charge is 0.331 e. The SMILES string of the molecule is O=C(Cc1c(F)cccc1F)NC1(C(=O)O)CCOC1. The molecule has 7 heteroatoms. The number of nitrogens with one attached hydrogen (secondary N) is 1. The molecule has 2 N–H and O–H groups in total. The number of halogens is 2. The molecule has 0 bridgehead atoms. The van der Waals surface area contributed by atoms with Crippen molar-refractivity contribution in [2.75, 3.05) is 13.2 Å². The second-order valence-electron chi connectivity index (χ2n) is 4.62. The fraction of sp³-hybridized carbons (Fsp3) is 0.385. The van der Waals surface area contributed by atoms with Gasteiger partial charge in [-0.15, -0.1) is 0 Å². The number of benzene rings is 1. The molecule has 0 spiro atoms. The zero-order chi connectivity index (χ0) is 14.8. The van der Waals surface area contributed by atoms with Crippen molar-refractivity contribution in [2.45, 2.75) is 18.4 Å². The third kappa shape index (κ3) is 2.77. The van der Waals surface area contributed by atoms with Gasteiger partial charge in [0, 0.05) is 18.6 Å². The summed E-state index contributed by atoms with van der Waals surface area (Å²) in [6.07, 6.45) is -0.443. The third-order valence-corrected chi connectivity index (χ3v) is 3.21. The maximum absolute atomic E-state index is 13.4. The lowest BCUT2D eigenvalue weighted by Crippen LogP contribution is -2.55. The summed E-state index contributed by atoms with van der Waals surface area (Å²) in [5, 5.41) is 11.4. The Kier molecular flexibility index (Phi) is 3.99. The summed E-state index contributed by atoms with van der Waals surface area (Å²) in [5.74, 6) is -3.67. The van der Waals surface area contributed by atoms with Gasteiger partial charge in [-0.05, 0) is 12.1 Å². The number of rotatable bonds is 4. The summed E-state index contributed by atoms with van der Waals surface area (Å²) in [7, 11) is 0. The van der Waals surface area contributed by atoms with E-state index in [0.717, 1.165) is 12.1 Å². The Morgan fingerprint density at radius 1 is 1.35 bits per heavy atom. The first-order chi connectivity index (χ1) is 9.44. The van der Waals surface area contributed by atoms with E-state index in [2.05, 4.69) is 5.32 Å². The molecule has 1 amide bonds. The van der Waals surface area contributed by atoms with Crippen molar-refractivity contribution in [1.29, 1.82) is 0 Å². The van der Waals surface area contributed by atoms with Crippen molar-refractivity contribution in [3.63, 3.8) is 0 Å². The Morgan fingerprint density at radius 3 is 2.50 bits per heavy atom. The summed E-state index contributed by atoms with van der Waals surface area (Å²) in [6, 6.07) is 3.27. The number of carbonyl (C=O) groups excluding carboxylic acids is 1. The fourth-order valence-electron chi connectivity index (χ4n) is 2.06. The van der Waals surface area contributed by atoms with E-state index >= 15 is 0 Å². The molecular weight excluding hydrogens is 272 g/mol. The van der Waals surface area contributed by atoms with Gasteiger partial charge in [-0.25, -0.2) is 13.6 Å². The molecule has 2 rings (SSSR count). The molecule has 1 aromatic rings. The minimum atomic E-state index is -1.52. The number of ether oxygens (including phenoxy) is 1. The van der Waals surface area contributed by atoms with Crippen LogP contribution in [0.1, 0.15) is 12.0 Å². The second-order valence-corrected chi connectivity index (χ2v) is 4.62. The standard InChI is InChI=1S/C13H13F2NO4/c14-9-2-1-3-10(15)8(9)6-11(17)16-13(12(18)19)4-5-20-7-13/h1-3H,4-7H2,(H,16,17)(H,18,19). The maximum Gasteiger partial charge on any atom is 0.331 e. The van der Waals surface area contributed by atoms with Crippen molar-refractivity contribution < 1.29 is 28.2 Å². The lowest BCUT2D eigenvalue weighted by molar-refractivity contribution is -0.147. The predicted octanol–water partition coefficient (Wildman–Crippen LogP) is 0.867. The number of carbonyl (C=O) groups is 2. The van der Waals surface area contributed by atoms with Gasteiger partial charge in [-0.2, -0.15) is 0 Å². The predicted molar refractivity (Wildman–Crippen MR) is 64.0 cm³/mol. The number of amides is 1. The van der Waals surface area contributed by atoms with E-state index in [1.54, 1.807) is 0 Å². The lowest BCUT2D eigenvalue weighted by Gasteiger charge is -2.23. The number of carboxylic acids is 1. The van der Waals surface area contributed by atoms with Crippen molar-refractivity contribution in [1.82, 2.24) is 5.32 Å². The molecule has 0 saturated carbocycles. The van der Waals surface area contributed by atoms with Gasteiger partial charge in [0.05, 0.1) is 13.0 Å². The van der Waals surface area contributed by atoms with E-state index in [1.807, 2.05) is 0 Å². The van der Waals surface area contributed by atoms with E-state index < -0.39 is 35.5 Å². The van der Waals surface area contributed by atoms with E-state index in [-0.39, 0.29) is 25.2 Å². The molecule has 1 saturated heterocycles. The van der Waals surface area contributed by atoms with Gasteiger partial charge in [-0.1, -0.05) is 6.07 Å². The van der Waals surface area contributed by atoms with Gasteiger partial charge < -0.3 is 15.2 Å². The Balaban J connectivity index is 2.11. The van der Waals surface area contributed by atoms with Crippen LogP contribution in [0.15, 0.2) is 18.2 Å². The molecule has 1 atom stereocenters. The molecule has 1 aromatic carbocycles. The molecule has 0 aliphatic carbocycles. The number of hydrogen-bond donors (Lipinski definition) is 2. The quantitative estimate of drug-likeness (QED) is 0.860. The average Bonchev–Trinajstić information content (AvgIpc) is 2.84. The summed E-state index contributed by atoms with van der Waals surface area (Å²) in [6.45, 7) is 0.0501. The molecule has 108 valence electrons. The highest BCUT2D eigenvalue weighted by molar-refractivity contribution is 5.88. The van der Waals surface area contributed by atoms with E-state index in [0.29, 0.717) is 0 Å². The molecule has 0 aromatic heterocycles. The lowest BCUT2D eigenvalue weighted by atomic mass is 9.98. The summed E-state index contributed by atoms with van der Waals surface area (Å²) in [5.41, 5.74) is -1.90. The zero-order valence-corrected chi connectivity index (χ0v) is 10.5. The van der Waals surface area contributed by atoms with Gasteiger partial charge in [0.15, 0.2) is 5.54 Å². The Morgan fingerprint density at radius 2 is 2.00 bits per heavy atom. The monoisotopic (exact) mass is 285 g/mol. The molecule has 0 radical (unpaired) electrons. The van der Waals surface area contributed by atoms with Crippen molar-refractivity contribution >= 4 is 11.9 Å². The third-order valence-electron chi connectivity index (χ3n) is 3.21. The van der Waals surface area contributed by atoms with Crippen molar-refractivity contribution in [2.24, 2.45) is 0 Å². The highest BCUT2D eigenvalue weighted by Gasteiger charge is 2.43. The van der Waals surface area contributed by atoms with E-state index in [4.69, 9.17) is 9.84 Å². The number of carboxylic acid groups (broad SMARTS) is 1. The first-order valence-electron chi connectivity index (χ1n) is 6.00. The molecule has 1 heterocycles. The van der Waals surface area contributed by atoms with E-state index in [9.17, 15) is 18.4 Å². The minimum Gasteiger partial charge on any atom is -0.479 e. The highest BCUT2D eigenvalue weighted by atomic mass is 19.1. The molecule has 1 unspecified atom stereocenters. The maximum atomic E-state index is 13.4. The van der Waals surface area contributed by atoms with Crippen LogP contribution in [0.4, 0.5) is 8.78 Å². The molecular formula is C13H13F2NO4. The molecule has 1 fully saturated rings. The molecule has 1 aliphatic rings. The van der Waals surface area contributed by atoms with Crippen LogP contribution in [-0.4, -0.2) is 35.7 Å². The molecule has 20 heavy (non-hydrogen) atoms. The van der Waals surface area contributed by atoms with Crippen molar-refractivity contribution in [3.05, 3.63) is 35.4 Å². The number of hydrogen-bond acceptors (Lipinski definition) is 3. The zero-order valence-electron chi connectivity index (χ0n) is 10.5. The van der Waals surface area contributed by atoms with Gasteiger partial charge in [0.2, 0.25) is 5.91 Å². The Hall–Kier alpha value is -2.02. The summed E-state index contributed by atoms with van der Waals surface area (Å²) >= 11 is 0. The minimum absolute atomic E-state index is 0.119. The van der Waals surface area contributed by atoms with Gasteiger partial charge in [-0.3, -0.25) is 4.79 Å². The Bertz CT molecular complexity index is 521. The van der Waals surface area contributed by atoms with Crippen LogP contribution < -0.4 is 5.32 Å². The van der Waals surface area contributed by atoms with Gasteiger partial charge in [0.25, 0.3) is 0 Å². The van der Waals surface area contributed by atoms with Crippen LogP contribution in [0.25, 0.3) is 0 Å². The van der Waals surface area contributed by atoms with Crippen LogP contribution in [-0.2, 0) is 20.7 Å². The van der Waals surface area contributed by atoms with Crippen LogP contribution in [0.3, 0.4) is 0 Å². The first-order valence-corrected chi connectivity index (χ1v) is 6.00. The van der Waals surface area contributed by atoms with Gasteiger partial charge in [0.1, 0.15) is 11.6 Å². The van der Waals surface area contributed by atoms with Crippen LogP contribution in [0, 0.1) is 11.6 Å². The normalized spacial score (nSPS) is 21.7. The van der Waals surface area contributed by atoms with Crippen molar-refractivity contribution in [3.8, 4) is 0 Å². The highest BCUT2D eigenvalue weighted by Crippen LogP contribution is 2.20. The topological polar surface area (TPSA) is 75.6 Å². The largest absolute Gasteiger partial charge is 0.479 e. The van der Waals surface area contributed by atoms with Crippen LogP contribution >= 0.6 is 0 Å². The van der Waals surface area contributed by atoms with E-state index in [1.165, 1.54) is 6.07 Å². The number of aliphatic carboxylic acids is 1. The second kappa shape index (κ2) is 5.54. The summed E-state index contributed by atoms with van der Waals surface area (Å²) < 4.78 is 31.8. The van der Waals surface area contributed by atoms with Crippen LogP contribution in [0.5, 0.6) is 0 Å². The molecule has 1 aliphatic heterocycles. The first kappa shape index (κ1) is 14.4. The van der Waals surface area contributed by atoms with Gasteiger partial charge >= 0.3 is 5.97 Å².